The molecule has 0 radical (unpaired) electrons. The summed E-state index contributed by atoms with van der Waals surface area (Å²) < 4.78 is 1.13. The molecule has 4 nitrogen and oxygen atoms in total. The number of amides is 1. The van der Waals surface area contributed by atoms with Gasteiger partial charge in [0.2, 0.25) is 0 Å². The van der Waals surface area contributed by atoms with Gasteiger partial charge in [-0.25, -0.2) is 9.97 Å². The van der Waals surface area contributed by atoms with Crippen molar-refractivity contribution in [2.75, 3.05) is 5.32 Å². The number of benzene rings is 2. The van der Waals surface area contributed by atoms with Crippen molar-refractivity contribution in [1.29, 1.82) is 0 Å². The predicted octanol–water partition coefficient (Wildman–Crippen LogP) is 5.29. The Morgan fingerprint density at radius 3 is 2.76 bits per heavy atom. The zero-order valence-electron chi connectivity index (χ0n) is 13.7. The molecule has 0 spiro atoms. The zero-order chi connectivity index (χ0) is 17.4. The van der Waals surface area contributed by atoms with Crippen LogP contribution < -0.4 is 5.32 Å². The van der Waals surface area contributed by atoms with Crippen LogP contribution in [0.4, 0.5) is 5.13 Å². The third kappa shape index (κ3) is 3.18. The molecule has 0 aliphatic carbocycles. The van der Waals surface area contributed by atoms with Gasteiger partial charge < -0.3 is 0 Å². The number of anilines is 1. The molecule has 2 aromatic heterocycles. The number of nitrogens with zero attached hydrogens (tertiary/aromatic N) is 2. The van der Waals surface area contributed by atoms with Gasteiger partial charge in [-0.15, -0.1) is 22.7 Å². The first-order valence-corrected chi connectivity index (χ1v) is 9.50. The normalized spacial score (nSPS) is 11.0. The Bertz CT molecular complexity index is 1050. The zero-order valence-corrected chi connectivity index (χ0v) is 15.4. The summed E-state index contributed by atoms with van der Waals surface area (Å²) in [7, 11) is 0. The summed E-state index contributed by atoms with van der Waals surface area (Å²) in [6, 6.07) is 13.9. The van der Waals surface area contributed by atoms with Crippen LogP contribution in [0.1, 0.15) is 21.5 Å². The van der Waals surface area contributed by atoms with E-state index in [0.717, 1.165) is 32.0 Å². The fourth-order valence-electron chi connectivity index (χ4n) is 2.56. The van der Waals surface area contributed by atoms with Gasteiger partial charge in [-0.05, 0) is 37.6 Å². The second-order valence-electron chi connectivity index (χ2n) is 5.80. The number of fused-ring (bicyclic) bond motifs is 1. The van der Waals surface area contributed by atoms with E-state index in [4.69, 9.17) is 0 Å². The predicted molar refractivity (Wildman–Crippen MR) is 105 cm³/mol. The van der Waals surface area contributed by atoms with Crippen molar-refractivity contribution in [3.63, 3.8) is 0 Å². The average molecular weight is 365 g/mol. The van der Waals surface area contributed by atoms with Crippen molar-refractivity contribution >= 4 is 43.9 Å². The number of para-hydroxylation sites is 1. The van der Waals surface area contributed by atoms with Gasteiger partial charge >= 0.3 is 0 Å². The number of carbonyl (C=O) groups is 1. The standard InChI is InChI=1S/C19H15N3OS2/c1-11-7-8-12(2)13(9-11)17(23)22-19-21-15(10-24-19)18-20-14-5-3-4-6-16(14)25-18/h3-10H,1-2H3,(H,21,22,23). The molecule has 0 saturated heterocycles. The lowest BCUT2D eigenvalue weighted by atomic mass is 10.1. The molecule has 0 saturated carbocycles. The van der Waals surface area contributed by atoms with Crippen LogP contribution in [0.5, 0.6) is 0 Å². The van der Waals surface area contributed by atoms with Crippen LogP contribution in [-0.2, 0) is 0 Å². The third-order valence-electron chi connectivity index (χ3n) is 3.88. The van der Waals surface area contributed by atoms with Gasteiger partial charge in [0, 0.05) is 10.9 Å². The number of carbonyl (C=O) groups excluding carboxylic acids is 1. The highest BCUT2D eigenvalue weighted by molar-refractivity contribution is 7.22. The Labute approximate surface area is 153 Å². The largest absolute Gasteiger partial charge is 0.298 e. The van der Waals surface area contributed by atoms with Crippen LogP contribution >= 0.6 is 22.7 Å². The van der Waals surface area contributed by atoms with Gasteiger partial charge in [-0.1, -0.05) is 29.8 Å². The van der Waals surface area contributed by atoms with Gasteiger partial charge in [0.25, 0.3) is 5.91 Å². The summed E-state index contributed by atoms with van der Waals surface area (Å²) in [5, 5.41) is 6.27. The smallest absolute Gasteiger partial charge is 0.257 e. The summed E-state index contributed by atoms with van der Waals surface area (Å²) in [5.41, 5.74) is 4.45. The topological polar surface area (TPSA) is 54.9 Å². The molecule has 1 N–H and O–H groups in total. The average Bonchev–Trinajstić information content (AvgIpc) is 3.23. The minimum atomic E-state index is -0.133. The molecule has 6 heteroatoms. The van der Waals surface area contributed by atoms with E-state index in [2.05, 4.69) is 15.3 Å². The van der Waals surface area contributed by atoms with E-state index in [9.17, 15) is 4.79 Å². The van der Waals surface area contributed by atoms with Crippen LogP contribution in [0.15, 0.2) is 47.8 Å². The van der Waals surface area contributed by atoms with Crippen molar-refractivity contribution in [1.82, 2.24) is 9.97 Å². The van der Waals surface area contributed by atoms with E-state index in [1.54, 1.807) is 11.3 Å². The third-order valence-corrected chi connectivity index (χ3v) is 5.69. The Kier molecular flexibility index (Phi) is 4.07. The molecule has 2 heterocycles. The van der Waals surface area contributed by atoms with Crippen molar-refractivity contribution in [3.05, 3.63) is 64.5 Å². The van der Waals surface area contributed by atoms with Crippen molar-refractivity contribution in [2.24, 2.45) is 0 Å². The van der Waals surface area contributed by atoms with Crippen LogP contribution in [-0.4, -0.2) is 15.9 Å². The van der Waals surface area contributed by atoms with Crippen LogP contribution in [0.3, 0.4) is 0 Å². The molecule has 4 rings (SSSR count). The fourth-order valence-corrected chi connectivity index (χ4v) is 4.25. The highest BCUT2D eigenvalue weighted by atomic mass is 32.1. The van der Waals surface area contributed by atoms with E-state index in [0.29, 0.717) is 10.7 Å². The number of thiazole rings is 2. The van der Waals surface area contributed by atoms with Crippen LogP contribution in [0.25, 0.3) is 20.9 Å². The maximum Gasteiger partial charge on any atom is 0.257 e. The number of aromatic nitrogens is 2. The molecule has 0 unspecified atom stereocenters. The first-order valence-electron chi connectivity index (χ1n) is 7.80. The summed E-state index contributed by atoms with van der Waals surface area (Å²) in [4.78, 5) is 21.7. The molecular weight excluding hydrogens is 350 g/mol. The molecule has 0 atom stereocenters. The van der Waals surface area contributed by atoms with Gasteiger partial charge in [0.1, 0.15) is 10.7 Å². The lowest BCUT2D eigenvalue weighted by Gasteiger charge is -2.06. The lowest BCUT2D eigenvalue weighted by Crippen LogP contribution is -2.13. The summed E-state index contributed by atoms with van der Waals surface area (Å²) in [5.74, 6) is -0.133. The molecule has 0 aliphatic rings. The molecule has 4 aromatic rings. The van der Waals surface area contributed by atoms with Crippen LogP contribution in [0.2, 0.25) is 0 Å². The van der Waals surface area contributed by atoms with E-state index in [1.807, 2.05) is 61.7 Å². The lowest BCUT2D eigenvalue weighted by molar-refractivity contribution is 0.102. The minimum absolute atomic E-state index is 0.133. The Balaban J connectivity index is 1.59. The summed E-state index contributed by atoms with van der Waals surface area (Å²) in [6.07, 6.45) is 0. The van der Waals surface area contributed by atoms with Crippen LogP contribution in [0, 0.1) is 13.8 Å². The number of rotatable bonds is 3. The maximum atomic E-state index is 12.5. The number of aryl methyl sites for hydroxylation is 2. The van der Waals surface area contributed by atoms with Gasteiger partial charge in [-0.2, -0.15) is 0 Å². The molecule has 1 amide bonds. The number of nitrogens with one attached hydrogen (secondary N) is 1. The highest BCUT2D eigenvalue weighted by Crippen LogP contribution is 2.32. The minimum Gasteiger partial charge on any atom is -0.298 e. The molecule has 0 fully saturated rings. The van der Waals surface area contributed by atoms with Crippen molar-refractivity contribution < 1.29 is 4.79 Å². The monoisotopic (exact) mass is 365 g/mol. The van der Waals surface area contributed by atoms with Gasteiger partial charge in [-0.3, -0.25) is 10.1 Å². The first-order chi connectivity index (χ1) is 12.1. The van der Waals surface area contributed by atoms with E-state index in [-0.39, 0.29) is 5.91 Å². The molecular formula is C19H15N3OS2. The van der Waals surface area contributed by atoms with Crippen molar-refractivity contribution in [2.45, 2.75) is 13.8 Å². The van der Waals surface area contributed by atoms with Gasteiger partial charge in [0.15, 0.2) is 5.13 Å². The fraction of sp³-hybridized carbons (Fsp3) is 0.105. The van der Waals surface area contributed by atoms with Gasteiger partial charge in [0.05, 0.1) is 10.2 Å². The highest BCUT2D eigenvalue weighted by Gasteiger charge is 2.14. The summed E-state index contributed by atoms with van der Waals surface area (Å²) >= 11 is 3.01. The second kappa shape index (κ2) is 6.38. The number of hydrogen-bond acceptors (Lipinski definition) is 5. The Morgan fingerprint density at radius 1 is 1.08 bits per heavy atom. The maximum absolute atomic E-state index is 12.5. The van der Waals surface area contributed by atoms with E-state index >= 15 is 0 Å². The van der Waals surface area contributed by atoms with E-state index < -0.39 is 0 Å². The summed E-state index contributed by atoms with van der Waals surface area (Å²) in [6.45, 7) is 3.91. The van der Waals surface area contributed by atoms with Crippen molar-refractivity contribution in [3.8, 4) is 10.7 Å². The Hall–Kier alpha value is -2.57. The van der Waals surface area contributed by atoms with E-state index in [1.165, 1.54) is 11.3 Å². The SMILES string of the molecule is Cc1ccc(C)c(C(=O)Nc2nc(-c3nc4ccccc4s3)cs2)c1. The molecule has 25 heavy (non-hydrogen) atoms. The molecule has 124 valence electrons. The Morgan fingerprint density at radius 2 is 1.92 bits per heavy atom. The number of hydrogen-bond donors (Lipinski definition) is 1. The molecule has 0 aliphatic heterocycles. The second-order valence-corrected chi connectivity index (χ2v) is 7.69. The first kappa shape index (κ1) is 15.9. The molecule has 2 aromatic carbocycles. The molecule has 0 bridgehead atoms. The quantitative estimate of drug-likeness (QED) is 0.537.